The molecule has 2 aliphatic heterocycles. The Hall–Kier alpha value is -3.31. The van der Waals surface area contributed by atoms with Crippen molar-refractivity contribution in [3.05, 3.63) is 54.0 Å². The van der Waals surface area contributed by atoms with Gasteiger partial charge in [0.2, 0.25) is 21.7 Å². The maximum atomic E-state index is 13.0. The zero-order valence-electron chi connectivity index (χ0n) is 18.9. The van der Waals surface area contributed by atoms with E-state index in [1.807, 2.05) is 12.1 Å². The number of nitrogens with zero attached hydrogens (tertiary/aromatic N) is 6. The van der Waals surface area contributed by atoms with E-state index in [1.165, 1.54) is 16.4 Å². The topological polar surface area (TPSA) is 113 Å². The van der Waals surface area contributed by atoms with E-state index in [9.17, 15) is 13.2 Å². The van der Waals surface area contributed by atoms with Crippen LogP contribution in [0.15, 0.2) is 52.0 Å². The SMILES string of the molecule is Cc1nc(-c2ccc(N3CCN(C(=O)c4ccc(S(=O)(=O)N5CCCC5)cc4)CC3)nc2)no1. The number of pyridine rings is 1. The number of aromatic nitrogens is 3. The monoisotopic (exact) mass is 482 g/mol. The summed E-state index contributed by atoms with van der Waals surface area (Å²) in [6.45, 7) is 5.27. The lowest BCUT2D eigenvalue weighted by Crippen LogP contribution is -2.49. The number of piperazine rings is 1. The normalized spacial score (nSPS) is 17.3. The molecule has 2 fully saturated rings. The van der Waals surface area contributed by atoms with E-state index >= 15 is 0 Å². The summed E-state index contributed by atoms with van der Waals surface area (Å²) in [5.41, 5.74) is 1.27. The van der Waals surface area contributed by atoms with E-state index in [0.717, 1.165) is 24.2 Å². The number of carbonyl (C=O) groups is 1. The van der Waals surface area contributed by atoms with Crippen LogP contribution in [0.25, 0.3) is 11.4 Å². The Kier molecular flexibility index (Phi) is 6.05. The molecule has 0 atom stereocenters. The van der Waals surface area contributed by atoms with Gasteiger partial charge in [-0.1, -0.05) is 5.16 Å². The molecule has 0 aliphatic carbocycles. The number of amides is 1. The molecule has 0 radical (unpaired) electrons. The molecular weight excluding hydrogens is 456 g/mol. The summed E-state index contributed by atoms with van der Waals surface area (Å²) >= 11 is 0. The molecule has 178 valence electrons. The van der Waals surface area contributed by atoms with Crippen molar-refractivity contribution in [2.45, 2.75) is 24.7 Å². The van der Waals surface area contributed by atoms with Crippen LogP contribution in [-0.2, 0) is 10.0 Å². The molecule has 0 bridgehead atoms. The second-order valence-corrected chi connectivity index (χ2v) is 10.4. The first-order chi connectivity index (χ1) is 16.4. The third kappa shape index (κ3) is 4.40. The van der Waals surface area contributed by atoms with E-state index in [0.29, 0.717) is 56.5 Å². The Bertz CT molecular complexity index is 1260. The van der Waals surface area contributed by atoms with Crippen LogP contribution in [0.5, 0.6) is 0 Å². The Labute approximate surface area is 198 Å². The van der Waals surface area contributed by atoms with Crippen molar-refractivity contribution in [2.24, 2.45) is 0 Å². The van der Waals surface area contributed by atoms with E-state index < -0.39 is 10.0 Å². The van der Waals surface area contributed by atoms with Crippen molar-refractivity contribution in [3.8, 4) is 11.4 Å². The zero-order chi connectivity index (χ0) is 23.7. The molecule has 1 amide bonds. The Morgan fingerprint density at radius 3 is 2.24 bits per heavy atom. The van der Waals surface area contributed by atoms with Crippen molar-refractivity contribution >= 4 is 21.7 Å². The van der Waals surface area contributed by atoms with Gasteiger partial charge in [-0.05, 0) is 49.2 Å². The van der Waals surface area contributed by atoms with Gasteiger partial charge in [-0.15, -0.1) is 0 Å². The maximum Gasteiger partial charge on any atom is 0.253 e. The van der Waals surface area contributed by atoms with Crippen LogP contribution in [0.1, 0.15) is 29.1 Å². The summed E-state index contributed by atoms with van der Waals surface area (Å²) in [6.07, 6.45) is 3.49. The highest BCUT2D eigenvalue weighted by Gasteiger charge is 2.28. The highest BCUT2D eigenvalue weighted by molar-refractivity contribution is 7.89. The molecule has 2 saturated heterocycles. The van der Waals surface area contributed by atoms with Gasteiger partial charge in [0.25, 0.3) is 5.91 Å². The van der Waals surface area contributed by atoms with Gasteiger partial charge in [0.05, 0.1) is 4.90 Å². The van der Waals surface area contributed by atoms with Crippen LogP contribution >= 0.6 is 0 Å². The van der Waals surface area contributed by atoms with Crippen LogP contribution in [0.4, 0.5) is 5.82 Å². The molecule has 4 heterocycles. The van der Waals surface area contributed by atoms with Crippen LogP contribution in [0.2, 0.25) is 0 Å². The third-order valence-corrected chi connectivity index (χ3v) is 8.14. The van der Waals surface area contributed by atoms with Gasteiger partial charge in [-0.2, -0.15) is 9.29 Å². The summed E-state index contributed by atoms with van der Waals surface area (Å²) in [4.78, 5) is 25.9. The summed E-state index contributed by atoms with van der Waals surface area (Å²) in [5.74, 6) is 1.74. The summed E-state index contributed by atoms with van der Waals surface area (Å²) in [7, 11) is -3.48. The molecule has 3 aromatic rings. The second-order valence-electron chi connectivity index (χ2n) is 8.46. The molecule has 0 unspecified atom stereocenters. The molecule has 2 aliphatic rings. The van der Waals surface area contributed by atoms with Gasteiger partial charge in [0.1, 0.15) is 5.82 Å². The number of carbonyl (C=O) groups excluding carboxylic acids is 1. The van der Waals surface area contributed by atoms with Crippen LogP contribution in [0, 0.1) is 6.92 Å². The first kappa shape index (κ1) is 22.5. The van der Waals surface area contributed by atoms with Gasteiger partial charge in [0.15, 0.2) is 0 Å². The maximum absolute atomic E-state index is 13.0. The van der Waals surface area contributed by atoms with Crippen molar-refractivity contribution < 1.29 is 17.7 Å². The number of hydrogen-bond acceptors (Lipinski definition) is 8. The highest BCUT2D eigenvalue weighted by atomic mass is 32.2. The van der Waals surface area contributed by atoms with Crippen LogP contribution in [0.3, 0.4) is 0 Å². The lowest BCUT2D eigenvalue weighted by Gasteiger charge is -2.35. The number of benzene rings is 1. The van der Waals surface area contributed by atoms with Crippen molar-refractivity contribution in [1.29, 1.82) is 0 Å². The summed E-state index contributed by atoms with van der Waals surface area (Å²) < 4.78 is 31.9. The number of hydrogen-bond donors (Lipinski definition) is 0. The minimum Gasteiger partial charge on any atom is -0.353 e. The lowest BCUT2D eigenvalue weighted by atomic mass is 10.2. The van der Waals surface area contributed by atoms with E-state index in [-0.39, 0.29) is 10.8 Å². The average molecular weight is 483 g/mol. The van der Waals surface area contributed by atoms with E-state index in [2.05, 4.69) is 20.0 Å². The van der Waals surface area contributed by atoms with E-state index in [1.54, 1.807) is 30.2 Å². The molecule has 0 N–H and O–H groups in total. The highest BCUT2D eigenvalue weighted by Crippen LogP contribution is 2.23. The molecule has 1 aromatic carbocycles. The number of rotatable bonds is 5. The minimum atomic E-state index is -3.48. The smallest absolute Gasteiger partial charge is 0.253 e. The first-order valence-electron chi connectivity index (χ1n) is 11.3. The molecule has 0 saturated carbocycles. The Morgan fingerprint density at radius 2 is 1.65 bits per heavy atom. The predicted octanol–water partition coefficient (Wildman–Crippen LogP) is 2.19. The first-order valence-corrected chi connectivity index (χ1v) is 12.8. The third-order valence-electron chi connectivity index (χ3n) is 6.23. The Morgan fingerprint density at radius 1 is 0.941 bits per heavy atom. The van der Waals surface area contributed by atoms with Gasteiger partial charge >= 0.3 is 0 Å². The zero-order valence-corrected chi connectivity index (χ0v) is 19.7. The molecule has 11 heteroatoms. The quantitative estimate of drug-likeness (QED) is 0.544. The van der Waals surface area contributed by atoms with Crippen molar-refractivity contribution in [1.82, 2.24) is 24.3 Å². The Balaban J connectivity index is 1.19. The standard InChI is InChI=1S/C23H26N6O4S/c1-17-25-22(26-33-17)19-6-9-21(24-16-19)27-12-14-28(15-13-27)23(30)18-4-7-20(8-5-18)34(31,32)29-10-2-3-11-29/h4-9,16H,2-3,10-15H2,1H3. The van der Waals surface area contributed by atoms with Crippen LogP contribution in [-0.4, -0.2) is 77.9 Å². The summed E-state index contributed by atoms with van der Waals surface area (Å²) in [6, 6.07) is 10.1. The van der Waals surface area contributed by atoms with Crippen molar-refractivity contribution in [2.75, 3.05) is 44.2 Å². The van der Waals surface area contributed by atoms with Gasteiger partial charge in [-0.3, -0.25) is 4.79 Å². The van der Waals surface area contributed by atoms with E-state index in [4.69, 9.17) is 4.52 Å². The van der Waals surface area contributed by atoms with Gasteiger partial charge in [-0.25, -0.2) is 13.4 Å². The molecule has 34 heavy (non-hydrogen) atoms. The molecule has 0 spiro atoms. The lowest BCUT2D eigenvalue weighted by molar-refractivity contribution is 0.0746. The molecule has 10 nitrogen and oxygen atoms in total. The predicted molar refractivity (Wildman–Crippen MR) is 125 cm³/mol. The fraction of sp³-hybridized carbons (Fsp3) is 0.391. The second kappa shape index (κ2) is 9.15. The van der Waals surface area contributed by atoms with Crippen molar-refractivity contribution in [3.63, 3.8) is 0 Å². The fourth-order valence-corrected chi connectivity index (χ4v) is 5.81. The minimum absolute atomic E-state index is 0.0967. The molecule has 2 aromatic heterocycles. The average Bonchev–Trinajstić information content (AvgIpc) is 3.57. The van der Waals surface area contributed by atoms with Gasteiger partial charge in [0, 0.05) is 63.5 Å². The largest absolute Gasteiger partial charge is 0.353 e. The van der Waals surface area contributed by atoms with Gasteiger partial charge < -0.3 is 14.3 Å². The fourth-order valence-electron chi connectivity index (χ4n) is 4.29. The number of anilines is 1. The number of sulfonamides is 1. The molecular formula is C23H26N6O4S. The number of aryl methyl sites for hydroxylation is 1. The molecule has 5 rings (SSSR count). The van der Waals surface area contributed by atoms with Crippen LogP contribution < -0.4 is 4.90 Å². The summed E-state index contributed by atoms with van der Waals surface area (Å²) in [5, 5.41) is 3.91.